The van der Waals surface area contributed by atoms with E-state index < -0.39 is 29.4 Å². The lowest BCUT2D eigenvalue weighted by atomic mass is 9.84. The van der Waals surface area contributed by atoms with Crippen molar-refractivity contribution >= 4 is 33.6 Å². The topological polar surface area (TPSA) is 61.4 Å². The lowest BCUT2D eigenvalue weighted by molar-refractivity contribution is -0.137. The second-order valence-corrected chi connectivity index (χ2v) is 9.11. The zero-order valence-corrected chi connectivity index (χ0v) is 18.3. The molecule has 0 bridgehead atoms. The number of nitrogens with zero attached hydrogens (tertiary/aromatic N) is 1. The molecule has 5 nitrogen and oxygen atoms in total. The smallest absolute Gasteiger partial charge is 0.347 e. The van der Waals surface area contributed by atoms with Crippen LogP contribution in [0.25, 0.3) is 0 Å². The molecule has 0 saturated heterocycles. The average Bonchev–Trinajstić information content (AvgIpc) is 2.66. The Morgan fingerprint density at radius 1 is 1.10 bits per heavy atom. The quantitative estimate of drug-likeness (QED) is 0.596. The van der Waals surface area contributed by atoms with E-state index in [1.807, 2.05) is 0 Å². The van der Waals surface area contributed by atoms with Crippen molar-refractivity contribution in [3.05, 3.63) is 75.4 Å². The minimum absolute atomic E-state index is 0.0552. The van der Waals surface area contributed by atoms with Gasteiger partial charge in [-0.05, 0) is 49.7 Å². The number of urea groups is 1. The summed E-state index contributed by atoms with van der Waals surface area (Å²) < 4.78 is 40.6. The van der Waals surface area contributed by atoms with Crippen molar-refractivity contribution in [1.29, 1.82) is 0 Å². The molecule has 1 unspecified atom stereocenters. The van der Waals surface area contributed by atoms with Crippen molar-refractivity contribution in [2.75, 3.05) is 4.90 Å². The molecule has 0 spiro atoms. The third-order valence-electron chi connectivity index (χ3n) is 5.28. The summed E-state index contributed by atoms with van der Waals surface area (Å²) in [5, 5.41) is 5.71. The van der Waals surface area contributed by atoms with Gasteiger partial charge >= 0.3 is 12.2 Å². The molecule has 31 heavy (non-hydrogen) atoms. The molecule has 3 amide bonds. The van der Waals surface area contributed by atoms with E-state index in [1.165, 1.54) is 17.0 Å². The third-order valence-corrected chi connectivity index (χ3v) is 5.81. The molecule has 2 aliphatic rings. The number of carbonyl (C=O) groups excluding carboxylic acids is 2. The number of benzene rings is 2. The van der Waals surface area contributed by atoms with Crippen LogP contribution in [-0.2, 0) is 11.0 Å². The summed E-state index contributed by atoms with van der Waals surface area (Å²) in [7, 11) is 0. The first-order valence-electron chi connectivity index (χ1n) is 9.55. The molecule has 162 valence electrons. The normalized spacial score (nSPS) is 20.8. The van der Waals surface area contributed by atoms with Gasteiger partial charge in [0.25, 0.3) is 5.91 Å². The van der Waals surface area contributed by atoms with Gasteiger partial charge in [-0.2, -0.15) is 13.2 Å². The summed E-state index contributed by atoms with van der Waals surface area (Å²) in [6.07, 6.45) is -4.27. The molecular formula is C22H19BrF3N3O2. The number of carbonyl (C=O) groups is 2. The molecule has 0 radical (unpaired) electrons. The van der Waals surface area contributed by atoms with Crippen LogP contribution in [-0.4, -0.2) is 17.5 Å². The largest absolute Gasteiger partial charge is 0.416 e. The number of amides is 3. The van der Waals surface area contributed by atoms with Gasteiger partial charge in [-0.25, -0.2) is 4.79 Å². The van der Waals surface area contributed by atoms with Crippen molar-refractivity contribution < 1.29 is 22.8 Å². The Balaban J connectivity index is 1.88. The van der Waals surface area contributed by atoms with Crippen LogP contribution in [0.3, 0.4) is 0 Å². The number of halogens is 4. The van der Waals surface area contributed by atoms with Crippen LogP contribution in [0.4, 0.5) is 23.7 Å². The van der Waals surface area contributed by atoms with E-state index in [-0.39, 0.29) is 18.0 Å². The van der Waals surface area contributed by atoms with E-state index in [1.54, 1.807) is 38.1 Å². The maximum atomic E-state index is 13.3. The molecule has 2 N–H and O–H groups in total. The molecule has 9 heteroatoms. The van der Waals surface area contributed by atoms with Crippen molar-refractivity contribution in [3.8, 4) is 0 Å². The van der Waals surface area contributed by atoms with E-state index in [2.05, 4.69) is 26.6 Å². The minimum Gasteiger partial charge on any atom is -0.347 e. The van der Waals surface area contributed by atoms with Crippen molar-refractivity contribution in [2.24, 2.45) is 0 Å². The van der Waals surface area contributed by atoms with Gasteiger partial charge in [-0.1, -0.05) is 34.1 Å². The van der Waals surface area contributed by atoms with Gasteiger partial charge in [0.05, 0.1) is 22.9 Å². The highest BCUT2D eigenvalue weighted by molar-refractivity contribution is 9.10. The van der Waals surface area contributed by atoms with E-state index in [4.69, 9.17) is 0 Å². The van der Waals surface area contributed by atoms with Crippen LogP contribution < -0.4 is 15.5 Å². The van der Waals surface area contributed by atoms with Gasteiger partial charge < -0.3 is 10.6 Å². The summed E-state index contributed by atoms with van der Waals surface area (Å²) in [4.78, 5) is 27.4. The summed E-state index contributed by atoms with van der Waals surface area (Å²) in [5.74, 6) is -0.365. The van der Waals surface area contributed by atoms with Crippen LogP contribution in [0.2, 0.25) is 0 Å². The Labute approximate surface area is 185 Å². The minimum atomic E-state index is -4.55. The third kappa shape index (κ3) is 4.06. The van der Waals surface area contributed by atoms with Crippen molar-refractivity contribution in [1.82, 2.24) is 10.6 Å². The fraction of sp³-hybridized carbons (Fsp3) is 0.273. The maximum absolute atomic E-state index is 13.3. The molecular weight excluding hydrogens is 475 g/mol. The second kappa shape index (κ2) is 7.40. The predicted molar refractivity (Wildman–Crippen MR) is 113 cm³/mol. The molecule has 2 aromatic carbocycles. The molecule has 0 saturated carbocycles. The van der Waals surface area contributed by atoms with Crippen LogP contribution >= 0.6 is 15.9 Å². The fourth-order valence-electron chi connectivity index (χ4n) is 3.94. The van der Waals surface area contributed by atoms with Crippen LogP contribution in [0.5, 0.6) is 0 Å². The molecule has 0 aromatic heterocycles. The number of hydrogen-bond acceptors (Lipinski definition) is 2. The Bertz CT molecular complexity index is 1090. The summed E-state index contributed by atoms with van der Waals surface area (Å²) in [6.45, 7) is 3.61. The highest BCUT2D eigenvalue weighted by atomic mass is 79.9. The molecule has 0 fully saturated rings. The van der Waals surface area contributed by atoms with Gasteiger partial charge in [0.2, 0.25) is 0 Å². The van der Waals surface area contributed by atoms with Gasteiger partial charge in [-0.3, -0.25) is 9.69 Å². The van der Waals surface area contributed by atoms with Crippen molar-refractivity contribution in [2.45, 2.75) is 38.0 Å². The fourth-order valence-corrected chi connectivity index (χ4v) is 4.21. The predicted octanol–water partition coefficient (Wildman–Crippen LogP) is 5.29. The monoisotopic (exact) mass is 493 g/mol. The Morgan fingerprint density at radius 2 is 1.77 bits per heavy atom. The van der Waals surface area contributed by atoms with E-state index in [9.17, 15) is 22.8 Å². The highest BCUT2D eigenvalue weighted by Gasteiger charge is 2.44. The highest BCUT2D eigenvalue weighted by Crippen LogP contribution is 2.41. The van der Waals surface area contributed by atoms with Gasteiger partial charge in [-0.15, -0.1) is 0 Å². The summed E-state index contributed by atoms with van der Waals surface area (Å²) >= 11 is 3.36. The second-order valence-electron chi connectivity index (χ2n) is 8.19. The van der Waals surface area contributed by atoms with Crippen LogP contribution in [0.15, 0.2) is 64.3 Å². The van der Waals surface area contributed by atoms with E-state index in [0.29, 0.717) is 16.8 Å². The van der Waals surface area contributed by atoms with Gasteiger partial charge in [0, 0.05) is 22.1 Å². The molecule has 2 heterocycles. The van der Waals surface area contributed by atoms with Crippen molar-refractivity contribution in [3.63, 3.8) is 0 Å². The zero-order valence-electron chi connectivity index (χ0n) is 16.7. The van der Waals surface area contributed by atoms with E-state index >= 15 is 0 Å². The molecule has 0 aliphatic carbocycles. The molecule has 2 aliphatic heterocycles. The van der Waals surface area contributed by atoms with Gasteiger partial charge in [0.1, 0.15) is 0 Å². The Kier molecular flexibility index (Phi) is 5.12. The van der Waals surface area contributed by atoms with E-state index in [0.717, 1.165) is 16.6 Å². The summed E-state index contributed by atoms with van der Waals surface area (Å²) in [5.41, 5.74) is -0.0717. The molecule has 2 aromatic rings. The average molecular weight is 494 g/mol. The number of alkyl halides is 3. The molecule has 4 rings (SSSR count). The van der Waals surface area contributed by atoms with Crippen LogP contribution in [0, 0.1) is 0 Å². The SMILES string of the molecule is CC1(C)CC2=C(C(=O)N1)C(c1ccc(Br)cc1)NC(=O)N2c1cccc(C(F)(F)F)c1. The Morgan fingerprint density at radius 3 is 2.42 bits per heavy atom. The lowest BCUT2D eigenvalue weighted by Gasteiger charge is -2.44. The number of rotatable bonds is 2. The Hall–Kier alpha value is -2.81. The molecule has 1 atom stereocenters. The lowest BCUT2D eigenvalue weighted by Crippen LogP contribution is -2.57. The number of anilines is 1. The first kappa shape index (κ1) is 21.4. The van der Waals surface area contributed by atoms with Crippen LogP contribution in [0.1, 0.15) is 37.4 Å². The first-order valence-corrected chi connectivity index (χ1v) is 10.3. The maximum Gasteiger partial charge on any atom is 0.416 e. The first-order chi connectivity index (χ1) is 14.5. The zero-order chi connectivity index (χ0) is 22.6. The van der Waals surface area contributed by atoms with Gasteiger partial charge in [0.15, 0.2) is 0 Å². The number of nitrogens with one attached hydrogen (secondary N) is 2. The summed E-state index contributed by atoms with van der Waals surface area (Å²) in [6, 6.07) is 10.4. The standard InChI is InChI=1S/C22H19BrF3N3O2/c1-21(2)11-16-17(19(30)28-21)18(12-6-8-14(23)9-7-12)27-20(31)29(16)15-5-3-4-13(10-15)22(24,25)26/h3-10,18H,11H2,1-2H3,(H,27,31)(H,28,30). The number of hydrogen-bond donors (Lipinski definition) is 2.